The van der Waals surface area contributed by atoms with Crippen LogP contribution in [0.1, 0.15) is 68.4 Å². The lowest BCUT2D eigenvalue weighted by Crippen LogP contribution is -2.53. The smallest absolute Gasteiger partial charge is 0.328 e. The Bertz CT molecular complexity index is 1890. The number of carbonyl (C=O) groups excluding carboxylic acids is 4. The number of rotatable bonds is 5. The Morgan fingerprint density at radius 3 is 2.57 bits per heavy atom. The van der Waals surface area contributed by atoms with Crippen molar-refractivity contribution in [3.8, 4) is 0 Å². The van der Waals surface area contributed by atoms with E-state index < -0.39 is 77.1 Å². The lowest BCUT2D eigenvalue weighted by Gasteiger charge is -2.41. The first-order valence-electron chi connectivity index (χ1n) is 17.8. The fourth-order valence-corrected chi connectivity index (χ4v) is 7.57. The normalized spacial score (nSPS) is 31.0. The van der Waals surface area contributed by atoms with Crippen molar-refractivity contribution in [2.24, 2.45) is 5.92 Å². The van der Waals surface area contributed by atoms with Crippen molar-refractivity contribution >= 4 is 46.7 Å². The van der Waals surface area contributed by atoms with Gasteiger partial charge in [0.2, 0.25) is 5.91 Å². The number of esters is 2. The van der Waals surface area contributed by atoms with E-state index in [1.807, 2.05) is 32.1 Å². The summed E-state index contributed by atoms with van der Waals surface area (Å²) in [6.45, 7) is 8.75. The van der Waals surface area contributed by atoms with Gasteiger partial charge in [-0.25, -0.2) is 9.18 Å². The van der Waals surface area contributed by atoms with Crippen LogP contribution in [0.4, 0.5) is 15.8 Å². The molecule has 2 amide bonds. The number of halogens is 2. The molecule has 2 aromatic rings. The molecule has 2 fully saturated rings. The van der Waals surface area contributed by atoms with Crippen molar-refractivity contribution in [1.29, 1.82) is 0 Å². The molecule has 0 spiro atoms. The number of aliphatic hydroxyl groups is 1. The van der Waals surface area contributed by atoms with E-state index in [-0.39, 0.29) is 30.5 Å². The van der Waals surface area contributed by atoms with Crippen LogP contribution < -0.4 is 10.6 Å². The third kappa shape index (κ3) is 8.34. The molecule has 5 rings (SSSR count). The van der Waals surface area contributed by atoms with E-state index in [1.165, 1.54) is 38.1 Å². The second-order valence-electron chi connectivity index (χ2n) is 15.0. The SMILES string of the molecule is CO[C@@H]1/C=C/C=C(\C)Cc2cc(C)c(Cl)c(c2)N(C)C(=O)C[C@H](OC(=O)[C@H](C)N(C)C(=O)c2ccc(N)c(F)c2)[C@]2(C)O[C@H]2[C@H](C)[C@@H]2C[C@@]1(O)CC(=O)O2. The van der Waals surface area contributed by atoms with Gasteiger partial charge in [0.05, 0.1) is 35.3 Å². The minimum absolute atomic E-state index is 0.0211. The number of methoxy groups -OCH3 is 1. The maximum atomic E-state index is 14.2. The number of anilines is 2. The van der Waals surface area contributed by atoms with Crippen LogP contribution in [0.3, 0.4) is 0 Å². The summed E-state index contributed by atoms with van der Waals surface area (Å²) in [5.41, 5.74) is 5.66. The number of allylic oxidation sites excluding steroid dienone is 3. The molecule has 54 heavy (non-hydrogen) atoms. The lowest BCUT2D eigenvalue weighted by atomic mass is 9.78. The van der Waals surface area contributed by atoms with Crippen LogP contribution in [0.5, 0.6) is 0 Å². The maximum absolute atomic E-state index is 14.2. The number of amides is 2. The van der Waals surface area contributed by atoms with Gasteiger partial charge in [0.15, 0.2) is 0 Å². The van der Waals surface area contributed by atoms with Gasteiger partial charge in [-0.2, -0.15) is 0 Å². The highest BCUT2D eigenvalue weighted by molar-refractivity contribution is 6.34. The minimum atomic E-state index is -1.60. The number of likely N-dealkylation sites (N-methyl/N-ethyl adjacent to an activating group) is 1. The van der Waals surface area contributed by atoms with Crippen LogP contribution >= 0.6 is 11.6 Å². The number of fused-ring (bicyclic) bond motifs is 5. The summed E-state index contributed by atoms with van der Waals surface area (Å²) in [7, 11) is 4.43. The summed E-state index contributed by atoms with van der Waals surface area (Å²) in [5.74, 6) is -3.83. The Hall–Kier alpha value is -4.30. The number of hydrogen-bond donors (Lipinski definition) is 2. The third-order valence-corrected chi connectivity index (χ3v) is 11.4. The van der Waals surface area contributed by atoms with Gasteiger partial charge in [-0.05, 0) is 69.5 Å². The highest BCUT2D eigenvalue weighted by Crippen LogP contribution is 2.49. The third-order valence-electron chi connectivity index (χ3n) is 11.0. The van der Waals surface area contributed by atoms with Gasteiger partial charge in [-0.3, -0.25) is 14.4 Å². The molecule has 0 aliphatic carbocycles. The second-order valence-corrected chi connectivity index (χ2v) is 15.4. The fraction of sp³-hybridized carbons (Fsp3) is 0.500. The van der Waals surface area contributed by atoms with Gasteiger partial charge >= 0.3 is 11.9 Å². The number of epoxide rings is 1. The zero-order valence-electron chi connectivity index (χ0n) is 31.9. The first-order valence-corrected chi connectivity index (χ1v) is 18.2. The van der Waals surface area contributed by atoms with Crippen molar-refractivity contribution < 1.29 is 47.6 Å². The Labute approximate surface area is 320 Å². The van der Waals surface area contributed by atoms with Crippen LogP contribution in [0.25, 0.3) is 0 Å². The summed E-state index contributed by atoms with van der Waals surface area (Å²) >= 11 is 6.76. The highest BCUT2D eigenvalue weighted by atomic mass is 35.5. The van der Waals surface area contributed by atoms with Gasteiger partial charge in [0.1, 0.15) is 41.4 Å². The topological polar surface area (TPSA) is 161 Å². The number of carbonyl (C=O) groups is 4. The molecule has 3 heterocycles. The molecular weight excluding hydrogens is 721 g/mol. The Morgan fingerprint density at radius 1 is 1.20 bits per heavy atom. The van der Waals surface area contributed by atoms with Crippen LogP contribution in [0.15, 0.2) is 54.1 Å². The molecule has 3 aliphatic rings. The van der Waals surface area contributed by atoms with E-state index in [0.29, 0.717) is 17.1 Å². The standard InChI is InChI=1S/C40H49ClFN3O9/c1-21-10-9-11-31(51-8)40(50)19-30(52-34(47)20-40)23(3)36-39(5,54-36)32(18-33(46)45(7)29-16-25(14-21)15-22(2)35(29)41)53-38(49)24(4)44(6)37(48)26-12-13-28(43)27(42)17-26/h9-13,15-17,23-24,30-32,36,50H,14,18-20,43H2,1-8H3/b11-9+,21-10+/t23-,24+,30+,31-,32+,36+,39+,40-/m1/s1. The quantitative estimate of drug-likeness (QED) is 0.238. The highest BCUT2D eigenvalue weighted by Gasteiger charge is 2.64. The molecule has 0 radical (unpaired) electrons. The van der Waals surface area contributed by atoms with Gasteiger partial charge in [0.25, 0.3) is 5.91 Å². The molecule has 12 nitrogen and oxygen atoms in total. The molecule has 14 heteroatoms. The first-order chi connectivity index (χ1) is 25.3. The van der Waals surface area contributed by atoms with Crippen LogP contribution in [0, 0.1) is 18.7 Å². The number of ether oxygens (including phenoxy) is 4. The summed E-state index contributed by atoms with van der Waals surface area (Å²) in [5, 5.41) is 12.2. The molecule has 2 aromatic carbocycles. The number of aryl methyl sites for hydroxylation is 1. The molecule has 0 saturated carbocycles. The molecule has 3 aliphatic heterocycles. The van der Waals surface area contributed by atoms with E-state index in [1.54, 1.807) is 33.0 Å². The molecular formula is C40H49ClFN3O9. The Kier molecular flexibility index (Phi) is 12.0. The van der Waals surface area contributed by atoms with Gasteiger partial charge in [0, 0.05) is 39.1 Å². The number of hydrogen-bond acceptors (Lipinski definition) is 10. The van der Waals surface area contributed by atoms with E-state index in [9.17, 15) is 28.7 Å². The van der Waals surface area contributed by atoms with Crippen molar-refractivity contribution in [2.75, 3.05) is 31.8 Å². The van der Waals surface area contributed by atoms with Gasteiger partial charge < -0.3 is 39.6 Å². The van der Waals surface area contributed by atoms with Crippen LogP contribution in [-0.2, 0) is 39.8 Å². The first kappa shape index (κ1) is 40.9. The molecule has 3 N–H and O–H groups in total. The predicted octanol–water partition coefficient (Wildman–Crippen LogP) is 5.10. The zero-order valence-corrected chi connectivity index (χ0v) is 32.6. The van der Waals surface area contributed by atoms with E-state index in [4.69, 9.17) is 36.3 Å². The zero-order chi connectivity index (χ0) is 39.9. The van der Waals surface area contributed by atoms with Crippen molar-refractivity contribution in [2.45, 2.75) is 102 Å². The summed E-state index contributed by atoms with van der Waals surface area (Å²) in [4.78, 5) is 56.7. The molecule has 4 bridgehead atoms. The average Bonchev–Trinajstić information content (AvgIpc) is 3.81. The number of benzene rings is 2. The summed E-state index contributed by atoms with van der Waals surface area (Å²) < 4.78 is 37.9. The summed E-state index contributed by atoms with van der Waals surface area (Å²) in [6.07, 6.45) is 1.81. The van der Waals surface area contributed by atoms with Crippen molar-refractivity contribution in [3.05, 3.63) is 81.7 Å². The number of nitrogen functional groups attached to an aromatic ring is 1. The number of nitrogens with two attached hydrogens (primary N) is 1. The van der Waals surface area contributed by atoms with Gasteiger partial charge in [-0.1, -0.05) is 48.4 Å². The Balaban J connectivity index is 1.51. The van der Waals surface area contributed by atoms with Crippen LogP contribution in [0.2, 0.25) is 5.02 Å². The fourth-order valence-electron chi connectivity index (χ4n) is 7.33. The van der Waals surface area contributed by atoms with Gasteiger partial charge in [-0.15, -0.1) is 0 Å². The largest absolute Gasteiger partial charge is 0.462 e. The average molecular weight is 770 g/mol. The van der Waals surface area contributed by atoms with Crippen LogP contribution in [-0.4, -0.2) is 96.6 Å². The Morgan fingerprint density at radius 2 is 1.91 bits per heavy atom. The van der Waals surface area contributed by atoms with E-state index in [0.717, 1.165) is 27.7 Å². The molecule has 0 aromatic heterocycles. The van der Waals surface area contributed by atoms with Crippen molar-refractivity contribution in [1.82, 2.24) is 4.90 Å². The monoisotopic (exact) mass is 769 g/mol. The molecule has 8 atom stereocenters. The number of nitrogens with zero attached hydrogens (tertiary/aromatic N) is 2. The molecule has 2 saturated heterocycles. The van der Waals surface area contributed by atoms with E-state index >= 15 is 0 Å². The molecule has 0 unspecified atom stereocenters. The van der Waals surface area contributed by atoms with Crippen molar-refractivity contribution in [3.63, 3.8) is 0 Å². The lowest BCUT2D eigenvalue weighted by molar-refractivity contribution is -0.187. The van der Waals surface area contributed by atoms with E-state index in [2.05, 4.69) is 0 Å². The minimum Gasteiger partial charge on any atom is -0.462 e. The summed E-state index contributed by atoms with van der Waals surface area (Å²) in [6, 6.07) is 6.21. The maximum Gasteiger partial charge on any atom is 0.328 e. The molecule has 292 valence electrons. The predicted molar refractivity (Wildman–Crippen MR) is 200 cm³/mol. The second kappa shape index (κ2) is 15.8.